The zero-order valence-electron chi connectivity index (χ0n) is 13.2. The van der Waals surface area contributed by atoms with Crippen LogP contribution < -0.4 is 14.8 Å². The number of amides is 1. The van der Waals surface area contributed by atoms with E-state index in [2.05, 4.69) is 5.32 Å². The molecule has 0 heterocycles. The van der Waals surface area contributed by atoms with E-state index >= 15 is 0 Å². The van der Waals surface area contributed by atoms with Gasteiger partial charge in [0, 0.05) is 0 Å². The summed E-state index contributed by atoms with van der Waals surface area (Å²) >= 11 is 0. The zero-order valence-corrected chi connectivity index (χ0v) is 13.2. The molecule has 0 aliphatic rings. The maximum absolute atomic E-state index is 11.9. The number of nitro benzene ring substituents is 1. The molecule has 0 bridgehead atoms. The number of nitro groups is 1. The number of nitrogens with one attached hydrogen (secondary N) is 1. The number of hydrogen-bond acceptors (Lipinski definition) is 5. The minimum absolute atomic E-state index is 0.102. The van der Waals surface area contributed by atoms with Crippen LogP contribution in [0.5, 0.6) is 11.5 Å². The number of anilines is 1. The average molecular weight is 330 g/mol. The Morgan fingerprint density at radius 1 is 1.12 bits per heavy atom. The van der Waals surface area contributed by atoms with Crippen molar-refractivity contribution in [2.24, 2.45) is 0 Å². The predicted octanol–water partition coefficient (Wildman–Crippen LogP) is 3.40. The van der Waals surface area contributed by atoms with E-state index in [4.69, 9.17) is 9.47 Å². The van der Waals surface area contributed by atoms with Crippen molar-refractivity contribution in [2.45, 2.75) is 13.3 Å². The number of rotatable bonds is 8. The molecule has 0 spiro atoms. The first kappa shape index (κ1) is 17.3. The van der Waals surface area contributed by atoms with E-state index in [1.165, 1.54) is 12.1 Å². The van der Waals surface area contributed by atoms with Gasteiger partial charge in [0.05, 0.1) is 17.6 Å². The van der Waals surface area contributed by atoms with Crippen LogP contribution in [0.25, 0.3) is 0 Å². The number of carbonyl (C=O) groups excluding carboxylic acids is 1. The van der Waals surface area contributed by atoms with Crippen molar-refractivity contribution < 1.29 is 19.2 Å². The Labute approximate surface area is 139 Å². The Morgan fingerprint density at radius 3 is 2.54 bits per heavy atom. The molecule has 2 aromatic carbocycles. The molecule has 1 amide bonds. The van der Waals surface area contributed by atoms with E-state index in [0.29, 0.717) is 18.1 Å². The first-order valence-electron chi connectivity index (χ1n) is 7.49. The normalized spacial score (nSPS) is 10.0. The van der Waals surface area contributed by atoms with Crippen molar-refractivity contribution in [2.75, 3.05) is 18.5 Å². The van der Waals surface area contributed by atoms with E-state index in [1.54, 1.807) is 30.3 Å². The lowest BCUT2D eigenvalue weighted by Gasteiger charge is -2.09. The van der Waals surface area contributed by atoms with Gasteiger partial charge in [0.25, 0.3) is 11.6 Å². The number of hydrogen-bond donors (Lipinski definition) is 1. The molecule has 126 valence electrons. The zero-order chi connectivity index (χ0) is 17.4. The predicted molar refractivity (Wildman–Crippen MR) is 89.4 cm³/mol. The highest BCUT2D eigenvalue weighted by molar-refractivity contribution is 5.94. The second kappa shape index (κ2) is 8.52. The monoisotopic (exact) mass is 330 g/mol. The van der Waals surface area contributed by atoms with Crippen LogP contribution in [0.15, 0.2) is 48.5 Å². The Balaban J connectivity index is 2.02. The number of carbonyl (C=O) groups is 1. The highest BCUT2D eigenvalue weighted by Crippen LogP contribution is 2.29. The van der Waals surface area contributed by atoms with Crippen molar-refractivity contribution >= 4 is 17.3 Å². The standard InChI is InChI=1S/C17H18N2O5/c1-2-10-23-14-8-9-15(16(11-14)19(21)22)18-17(20)12-24-13-6-4-3-5-7-13/h3-9,11H,2,10,12H2,1H3,(H,18,20). The molecule has 7 heteroatoms. The van der Waals surface area contributed by atoms with E-state index in [-0.39, 0.29) is 18.0 Å². The molecule has 0 aliphatic heterocycles. The van der Waals surface area contributed by atoms with Crippen molar-refractivity contribution in [1.29, 1.82) is 0 Å². The van der Waals surface area contributed by atoms with Gasteiger partial charge in [-0.25, -0.2) is 0 Å². The van der Waals surface area contributed by atoms with Gasteiger partial charge in [0.15, 0.2) is 6.61 Å². The van der Waals surface area contributed by atoms with E-state index in [0.717, 1.165) is 6.42 Å². The third-order valence-corrected chi connectivity index (χ3v) is 3.03. The smallest absolute Gasteiger partial charge is 0.296 e. The summed E-state index contributed by atoms with van der Waals surface area (Å²) in [6.07, 6.45) is 0.795. The second-order valence-electron chi connectivity index (χ2n) is 4.93. The third-order valence-electron chi connectivity index (χ3n) is 3.03. The summed E-state index contributed by atoms with van der Waals surface area (Å²) in [6, 6.07) is 13.2. The number of para-hydroxylation sites is 1. The quantitative estimate of drug-likeness (QED) is 0.592. The molecule has 0 fully saturated rings. The largest absolute Gasteiger partial charge is 0.493 e. The third kappa shape index (κ3) is 4.98. The molecule has 0 unspecified atom stereocenters. The van der Waals surface area contributed by atoms with Gasteiger partial charge in [-0.05, 0) is 30.7 Å². The van der Waals surface area contributed by atoms with Crippen LogP contribution >= 0.6 is 0 Å². The fraction of sp³-hybridized carbons (Fsp3) is 0.235. The van der Waals surface area contributed by atoms with Gasteiger partial charge in [0.1, 0.15) is 17.2 Å². The molecule has 1 N–H and O–H groups in total. The molecule has 0 saturated heterocycles. The van der Waals surface area contributed by atoms with Crippen LogP contribution in [0.4, 0.5) is 11.4 Å². The first-order valence-corrected chi connectivity index (χ1v) is 7.49. The summed E-state index contributed by atoms with van der Waals surface area (Å²) < 4.78 is 10.7. The number of ether oxygens (including phenoxy) is 2. The van der Waals surface area contributed by atoms with Crippen molar-refractivity contribution in [3.05, 3.63) is 58.6 Å². The summed E-state index contributed by atoms with van der Waals surface area (Å²) in [5, 5.41) is 13.7. The van der Waals surface area contributed by atoms with Crippen LogP contribution in [0.3, 0.4) is 0 Å². The van der Waals surface area contributed by atoms with Gasteiger partial charge in [-0.15, -0.1) is 0 Å². The van der Waals surface area contributed by atoms with Crippen molar-refractivity contribution in [3.8, 4) is 11.5 Å². The van der Waals surface area contributed by atoms with E-state index in [9.17, 15) is 14.9 Å². The molecule has 24 heavy (non-hydrogen) atoms. The molecule has 0 aliphatic carbocycles. The molecular weight excluding hydrogens is 312 g/mol. The Morgan fingerprint density at radius 2 is 1.88 bits per heavy atom. The minimum atomic E-state index is -0.563. The summed E-state index contributed by atoms with van der Waals surface area (Å²) in [7, 11) is 0. The lowest BCUT2D eigenvalue weighted by Crippen LogP contribution is -2.20. The van der Waals surface area contributed by atoms with E-state index < -0.39 is 10.8 Å². The molecule has 0 radical (unpaired) electrons. The first-order chi connectivity index (χ1) is 11.6. The van der Waals surface area contributed by atoms with Gasteiger partial charge < -0.3 is 14.8 Å². The van der Waals surface area contributed by atoms with Crippen LogP contribution in [0, 0.1) is 10.1 Å². The molecule has 0 saturated carbocycles. The Hall–Kier alpha value is -3.09. The van der Waals surface area contributed by atoms with Gasteiger partial charge in [-0.2, -0.15) is 0 Å². The molecule has 0 aromatic heterocycles. The fourth-order valence-electron chi connectivity index (χ4n) is 1.93. The summed E-state index contributed by atoms with van der Waals surface area (Å²) in [5.74, 6) is 0.455. The van der Waals surface area contributed by atoms with Gasteiger partial charge in [-0.1, -0.05) is 25.1 Å². The number of benzene rings is 2. The van der Waals surface area contributed by atoms with Crippen molar-refractivity contribution in [3.63, 3.8) is 0 Å². The van der Waals surface area contributed by atoms with Gasteiger partial charge in [0.2, 0.25) is 0 Å². The Bertz CT molecular complexity index is 703. The highest BCUT2D eigenvalue weighted by atomic mass is 16.6. The van der Waals surface area contributed by atoms with Crippen LogP contribution in [0.2, 0.25) is 0 Å². The van der Waals surface area contributed by atoms with Gasteiger partial charge in [-0.3, -0.25) is 14.9 Å². The molecule has 0 atom stereocenters. The fourth-order valence-corrected chi connectivity index (χ4v) is 1.93. The summed E-state index contributed by atoms with van der Waals surface area (Å²) in [4.78, 5) is 22.5. The summed E-state index contributed by atoms with van der Waals surface area (Å²) in [5.41, 5.74) is -0.123. The Kier molecular flexibility index (Phi) is 6.13. The van der Waals surface area contributed by atoms with Crippen LogP contribution in [-0.2, 0) is 4.79 Å². The topological polar surface area (TPSA) is 90.7 Å². The lowest BCUT2D eigenvalue weighted by atomic mass is 10.2. The summed E-state index contributed by atoms with van der Waals surface area (Å²) in [6.45, 7) is 2.17. The maximum Gasteiger partial charge on any atom is 0.296 e. The lowest BCUT2D eigenvalue weighted by molar-refractivity contribution is -0.384. The average Bonchev–Trinajstić information content (AvgIpc) is 2.59. The SMILES string of the molecule is CCCOc1ccc(NC(=O)COc2ccccc2)c([N+](=O)[O-])c1. The molecule has 7 nitrogen and oxygen atoms in total. The van der Waals surface area contributed by atoms with E-state index in [1.807, 2.05) is 13.0 Å². The number of nitrogens with zero attached hydrogens (tertiary/aromatic N) is 1. The van der Waals surface area contributed by atoms with Crippen LogP contribution in [-0.4, -0.2) is 24.0 Å². The molecular formula is C17H18N2O5. The maximum atomic E-state index is 11.9. The highest BCUT2D eigenvalue weighted by Gasteiger charge is 2.17. The second-order valence-corrected chi connectivity index (χ2v) is 4.93. The molecule has 2 aromatic rings. The van der Waals surface area contributed by atoms with Gasteiger partial charge >= 0.3 is 0 Å². The van der Waals surface area contributed by atoms with Crippen LogP contribution in [0.1, 0.15) is 13.3 Å². The molecule has 2 rings (SSSR count). The minimum Gasteiger partial charge on any atom is -0.493 e. The van der Waals surface area contributed by atoms with Crippen molar-refractivity contribution in [1.82, 2.24) is 0 Å².